The van der Waals surface area contributed by atoms with Crippen LogP contribution in [0.25, 0.3) is 0 Å². The van der Waals surface area contributed by atoms with Gasteiger partial charge in [0.15, 0.2) is 0 Å². The van der Waals surface area contributed by atoms with Crippen LogP contribution in [-0.4, -0.2) is 26.5 Å². The zero-order valence-electron chi connectivity index (χ0n) is 10.8. The van der Waals surface area contributed by atoms with Gasteiger partial charge in [-0.1, -0.05) is 17.7 Å². The molecule has 0 aliphatic carbocycles. The van der Waals surface area contributed by atoms with E-state index < -0.39 is 10.0 Å². The molecule has 2 saturated heterocycles. The van der Waals surface area contributed by atoms with E-state index >= 15 is 0 Å². The molecule has 0 saturated carbocycles. The number of halogens is 2. The third kappa shape index (κ3) is 2.90. The second kappa shape index (κ2) is 5.57. The molecule has 20 heavy (non-hydrogen) atoms. The molecule has 2 aliphatic rings. The summed E-state index contributed by atoms with van der Waals surface area (Å²) in [7, 11) is -3.60. The lowest BCUT2D eigenvalue weighted by Gasteiger charge is -2.29. The van der Waals surface area contributed by atoms with Crippen molar-refractivity contribution in [2.24, 2.45) is 0 Å². The second-order valence-electron chi connectivity index (χ2n) is 5.48. The molecular formula is C13H16BrClN2O2S. The van der Waals surface area contributed by atoms with Gasteiger partial charge in [0, 0.05) is 22.6 Å². The van der Waals surface area contributed by atoms with Gasteiger partial charge in [-0.3, -0.25) is 0 Å². The number of rotatable bonds is 3. The topological polar surface area (TPSA) is 58.2 Å². The molecular weight excluding hydrogens is 364 g/mol. The average Bonchev–Trinajstić information content (AvgIpc) is 2.67. The number of fused-ring (bicyclic) bond motifs is 2. The Morgan fingerprint density at radius 3 is 2.50 bits per heavy atom. The van der Waals surface area contributed by atoms with Crippen LogP contribution in [0.2, 0.25) is 5.02 Å². The van der Waals surface area contributed by atoms with Gasteiger partial charge in [0.05, 0.1) is 5.02 Å². The number of benzene rings is 1. The van der Waals surface area contributed by atoms with Crippen LogP contribution >= 0.6 is 27.5 Å². The van der Waals surface area contributed by atoms with Crippen molar-refractivity contribution in [1.29, 1.82) is 0 Å². The zero-order valence-corrected chi connectivity index (χ0v) is 13.9. The molecule has 4 nitrogen and oxygen atoms in total. The summed E-state index contributed by atoms with van der Waals surface area (Å²) in [6.45, 7) is 0. The lowest BCUT2D eigenvalue weighted by molar-refractivity contribution is 0.345. The van der Waals surface area contributed by atoms with Crippen LogP contribution in [0.4, 0.5) is 0 Å². The first-order valence-corrected chi connectivity index (χ1v) is 9.33. The minimum atomic E-state index is -3.60. The third-order valence-electron chi connectivity index (χ3n) is 3.98. The summed E-state index contributed by atoms with van der Waals surface area (Å²) in [5.74, 6) is 0. The van der Waals surface area contributed by atoms with Crippen LogP contribution < -0.4 is 10.0 Å². The van der Waals surface area contributed by atoms with Crippen molar-refractivity contribution in [1.82, 2.24) is 10.0 Å². The zero-order chi connectivity index (χ0) is 14.3. The fourth-order valence-corrected chi connectivity index (χ4v) is 6.17. The minimum absolute atomic E-state index is 0.0121. The Hall–Kier alpha value is -0.140. The molecule has 2 N–H and O–H groups in total. The summed E-state index contributed by atoms with van der Waals surface area (Å²) >= 11 is 9.31. The van der Waals surface area contributed by atoms with Gasteiger partial charge in [0.1, 0.15) is 4.90 Å². The summed E-state index contributed by atoms with van der Waals surface area (Å²) in [6.07, 6.45) is 3.97. The Labute approximate surface area is 132 Å². The van der Waals surface area contributed by atoms with Crippen LogP contribution in [0, 0.1) is 0 Å². The molecule has 2 heterocycles. The lowest BCUT2D eigenvalue weighted by atomic mass is 10.0. The first-order valence-electron chi connectivity index (χ1n) is 6.68. The van der Waals surface area contributed by atoms with Gasteiger partial charge < -0.3 is 5.32 Å². The van der Waals surface area contributed by atoms with E-state index in [2.05, 4.69) is 26.0 Å². The fourth-order valence-electron chi connectivity index (χ4n) is 3.17. The van der Waals surface area contributed by atoms with Crippen molar-refractivity contribution in [3.63, 3.8) is 0 Å². The summed E-state index contributed by atoms with van der Waals surface area (Å²) in [6, 6.07) is 5.87. The van der Waals surface area contributed by atoms with Gasteiger partial charge in [-0.25, -0.2) is 13.1 Å². The predicted molar refractivity (Wildman–Crippen MR) is 82.4 cm³/mol. The van der Waals surface area contributed by atoms with Crippen LogP contribution in [0.1, 0.15) is 25.7 Å². The van der Waals surface area contributed by atoms with E-state index in [1.807, 2.05) is 0 Å². The minimum Gasteiger partial charge on any atom is -0.311 e. The van der Waals surface area contributed by atoms with Crippen LogP contribution in [0.15, 0.2) is 27.6 Å². The normalized spacial score (nSPS) is 29.6. The van der Waals surface area contributed by atoms with E-state index in [1.54, 1.807) is 18.2 Å². The smallest absolute Gasteiger partial charge is 0.243 e. The maximum Gasteiger partial charge on any atom is 0.243 e. The monoisotopic (exact) mass is 378 g/mol. The molecule has 1 aromatic rings. The molecule has 1 aromatic carbocycles. The molecule has 2 unspecified atom stereocenters. The van der Waals surface area contributed by atoms with Crippen molar-refractivity contribution in [3.05, 3.63) is 27.7 Å². The molecule has 110 valence electrons. The average molecular weight is 380 g/mol. The largest absolute Gasteiger partial charge is 0.311 e. The van der Waals surface area contributed by atoms with Crippen molar-refractivity contribution in [3.8, 4) is 0 Å². The van der Waals surface area contributed by atoms with Crippen molar-refractivity contribution < 1.29 is 8.42 Å². The van der Waals surface area contributed by atoms with Gasteiger partial charge in [-0.2, -0.15) is 0 Å². The van der Waals surface area contributed by atoms with Crippen LogP contribution in [0.5, 0.6) is 0 Å². The van der Waals surface area contributed by atoms with Crippen molar-refractivity contribution >= 4 is 37.6 Å². The van der Waals surface area contributed by atoms with Gasteiger partial charge in [-0.15, -0.1) is 0 Å². The Balaban J connectivity index is 1.82. The van der Waals surface area contributed by atoms with Crippen molar-refractivity contribution in [2.45, 2.75) is 48.7 Å². The highest BCUT2D eigenvalue weighted by molar-refractivity contribution is 9.10. The van der Waals surface area contributed by atoms with E-state index in [1.165, 1.54) is 0 Å². The maximum absolute atomic E-state index is 12.5. The number of hydrogen-bond donors (Lipinski definition) is 2. The van der Waals surface area contributed by atoms with Gasteiger partial charge >= 0.3 is 0 Å². The van der Waals surface area contributed by atoms with E-state index in [0.717, 1.165) is 25.7 Å². The summed E-state index contributed by atoms with van der Waals surface area (Å²) in [4.78, 5) is 0.132. The van der Waals surface area contributed by atoms with Gasteiger partial charge in [0.2, 0.25) is 10.0 Å². The summed E-state index contributed by atoms with van der Waals surface area (Å²) in [5.41, 5.74) is 0. The summed E-state index contributed by atoms with van der Waals surface area (Å²) < 4.78 is 28.4. The van der Waals surface area contributed by atoms with Crippen LogP contribution in [-0.2, 0) is 10.0 Å². The molecule has 2 bridgehead atoms. The highest BCUT2D eigenvalue weighted by Gasteiger charge is 2.36. The molecule has 2 aliphatic heterocycles. The number of nitrogens with one attached hydrogen (secondary N) is 2. The van der Waals surface area contributed by atoms with Gasteiger partial charge in [-0.05, 0) is 53.7 Å². The van der Waals surface area contributed by atoms with Crippen molar-refractivity contribution in [2.75, 3.05) is 0 Å². The standard InChI is InChI=1S/C13H16BrClN2O2S/c14-11-2-1-3-12(15)13(11)20(18,19)17-10-6-8-4-5-9(7-10)16-8/h1-3,8-10,16-17H,4-7H2. The van der Waals surface area contributed by atoms with Gasteiger partial charge in [0.25, 0.3) is 0 Å². The number of hydrogen-bond acceptors (Lipinski definition) is 3. The number of piperidine rings is 1. The molecule has 0 aromatic heterocycles. The van der Waals surface area contributed by atoms with Crippen LogP contribution in [0.3, 0.4) is 0 Å². The Kier molecular flexibility index (Phi) is 4.12. The first kappa shape index (κ1) is 14.8. The fraction of sp³-hybridized carbons (Fsp3) is 0.538. The molecule has 2 atom stereocenters. The molecule has 2 fully saturated rings. The Morgan fingerprint density at radius 2 is 1.90 bits per heavy atom. The van der Waals surface area contributed by atoms with E-state index in [0.29, 0.717) is 16.6 Å². The molecule has 0 radical (unpaired) electrons. The number of sulfonamides is 1. The highest BCUT2D eigenvalue weighted by Crippen LogP contribution is 2.31. The second-order valence-corrected chi connectivity index (χ2v) is 8.39. The van der Waals surface area contributed by atoms with E-state index in [9.17, 15) is 8.42 Å². The first-order chi connectivity index (χ1) is 9.45. The SMILES string of the molecule is O=S(=O)(NC1CC2CCC(C1)N2)c1c(Cl)cccc1Br. The molecule has 0 spiro atoms. The molecule has 7 heteroatoms. The maximum atomic E-state index is 12.5. The third-order valence-corrected chi connectivity index (χ3v) is 6.95. The van der Waals surface area contributed by atoms with E-state index in [-0.39, 0.29) is 16.0 Å². The Morgan fingerprint density at radius 1 is 1.25 bits per heavy atom. The lowest BCUT2D eigenvalue weighted by Crippen LogP contribution is -2.48. The Bertz CT molecular complexity index is 591. The van der Waals surface area contributed by atoms with E-state index in [4.69, 9.17) is 11.6 Å². The molecule has 3 rings (SSSR count). The quantitative estimate of drug-likeness (QED) is 0.849. The predicted octanol–water partition coefficient (Wildman–Crippen LogP) is 2.66. The highest BCUT2D eigenvalue weighted by atomic mass is 79.9. The summed E-state index contributed by atoms with van der Waals surface area (Å²) in [5, 5.41) is 3.74. The molecule has 0 amide bonds.